The van der Waals surface area contributed by atoms with Gasteiger partial charge in [-0.25, -0.2) is 0 Å². The third-order valence-corrected chi connectivity index (χ3v) is 4.10. The maximum atomic E-state index is 12.7. The maximum absolute atomic E-state index is 12.7. The average Bonchev–Trinajstić information content (AvgIpc) is 3.23. The summed E-state index contributed by atoms with van der Waals surface area (Å²) in [7, 11) is 0. The molecular weight excluding hydrogens is 392 g/mol. The normalized spacial score (nSPS) is 11.6. The third kappa shape index (κ3) is 4.51. The van der Waals surface area contributed by atoms with Crippen LogP contribution in [0.3, 0.4) is 0 Å². The molecule has 2 aromatic rings. The molecular formula is C21H24N2O7. The third-order valence-electron chi connectivity index (χ3n) is 4.10. The molecule has 0 unspecified atom stereocenters. The summed E-state index contributed by atoms with van der Waals surface area (Å²) in [4.78, 5) is 25.2. The molecule has 3 rings (SSSR count). The summed E-state index contributed by atoms with van der Waals surface area (Å²) in [5, 5.41) is 0. The van der Waals surface area contributed by atoms with Gasteiger partial charge >= 0.3 is 0 Å². The second-order valence-electron chi connectivity index (χ2n) is 6.05. The SMILES string of the molecule is CCOc1cc(C(=O)NNC(=O)c2cccc3c2OCO3)cc(OCC)c1OCC. The van der Waals surface area contributed by atoms with Crippen LogP contribution in [0.2, 0.25) is 0 Å². The maximum Gasteiger partial charge on any atom is 0.273 e. The van der Waals surface area contributed by atoms with Crippen molar-refractivity contribution >= 4 is 11.8 Å². The lowest BCUT2D eigenvalue weighted by molar-refractivity contribution is 0.0843. The number of rotatable bonds is 8. The Labute approximate surface area is 174 Å². The Kier molecular flexibility index (Phi) is 6.84. The number of carbonyl (C=O) groups excluding carboxylic acids is 2. The van der Waals surface area contributed by atoms with Gasteiger partial charge in [-0.1, -0.05) is 6.07 Å². The molecule has 2 amide bonds. The van der Waals surface area contributed by atoms with Crippen LogP contribution in [-0.2, 0) is 0 Å². The molecule has 160 valence electrons. The van der Waals surface area contributed by atoms with Gasteiger partial charge in [0, 0.05) is 5.56 Å². The molecule has 1 aliphatic rings. The number of nitrogens with one attached hydrogen (secondary N) is 2. The highest BCUT2D eigenvalue weighted by molar-refractivity contribution is 6.01. The van der Waals surface area contributed by atoms with Crippen molar-refractivity contribution in [2.45, 2.75) is 20.8 Å². The van der Waals surface area contributed by atoms with Crippen LogP contribution >= 0.6 is 0 Å². The Bertz CT molecular complexity index is 903. The number of hydrogen-bond acceptors (Lipinski definition) is 7. The molecule has 0 fully saturated rings. The minimum Gasteiger partial charge on any atom is -0.490 e. The van der Waals surface area contributed by atoms with Gasteiger partial charge in [-0.05, 0) is 45.0 Å². The average molecular weight is 416 g/mol. The number of fused-ring (bicyclic) bond motifs is 1. The molecule has 30 heavy (non-hydrogen) atoms. The zero-order valence-electron chi connectivity index (χ0n) is 17.1. The predicted octanol–water partition coefficient (Wildman–Crippen LogP) is 2.69. The quantitative estimate of drug-likeness (QED) is 0.638. The van der Waals surface area contributed by atoms with Gasteiger partial charge in [0.05, 0.1) is 25.4 Å². The fraction of sp³-hybridized carbons (Fsp3) is 0.333. The molecule has 0 spiro atoms. The van der Waals surface area contributed by atoms with Crippen LogP contribution in [-0.4, -0.2) is 38.4 Å². The predicted molar refractivity (Wildman–Crippen MR) is 107 cm³/mol. The zero-order chi connectivity index (χ0) is 21.5. The summed E-state index contributed by atoms with van der Waals surface area (Å²) < 4.78 is 27.4. The summed E-state index contributed by atoms with van der Waals surface area (Å²) in [5.41, 5.74) is 5.27. The second-order valence-corrected chi connectivity index (χ2v) is 6.05. The molecule has 0 saturated carbocycles. The number of para-hydroxylation sites is 1. The van der Waals surface area contributed by atoms with Gasteiger partial charge in [0.15, 0.2) is 23.0 Å². The van der Waals surface area contributed by atoms with Crippen LogP contribution in [0.1, 0.15) is 41.5 Å². The molecule has 1 heterocycles. The summed E-state index contributed by atoms with van der Waals surface area (Å²) >= 11 is 0. The highest BCUT2D eigenvalue weighted by atomic mass is 16.7. The van der Waals surface area contributed by atoms with Crippen molar-refractivity contribution in [3.05, 3.63) is 41.5 Å². The number of hydrogen-bond donors (Lipinski definition) is 2. The van der Waals surface area contributed by atoms with E-state index in [-0.39, 0.29) is 17.9 Å². The van der Waals surface area contributed by atoms with Gasteiger partial charge in [-0.3, -0.25) is 20.4 Å². The van der Waals surface area contributed by atoms with Gasteiger partial charge in [0.1, 0.15) is 0 Å². The number of ether oxygens (including phenoxy) is 5. The van der Waals surface area contributed by atoms with E-state index >= 15 is 0 Å². The lowest BCUT2D eigenvalue weighted by atomic mass is 10.1. The van der Waals surface area contributed by atoms with Crippen molar-refractivity contribution in [2.75, 3.05) is 26.6 Å². The Balaban J connectivity index is 1.77. The fourth-order valence-corrected chi connectivity index (χ4v) is 2.88. The van der Waals surface area contributed by atoms with Crippen LogP contribution in [0, 0.1) is 0 Å². The number of amides is 2. The molecule has 9 nitrogen and oxygen atoms in total. The van der Waals surface area contributed by atoms with Crippen molar-refractivity contribution in [3.8, 4) is 28.7 Å². The monoisotopic (exact) mass is 416 g/mol. The van der Waals surface area contributed by atoms with E-state index in [4.69, 9.17) is 23.7 Å². The molecule has 0 saturated heterocycles. The van der Waals surface area contributed by atoms with Gasteiger partial charge in [-0.15, -0.1) is 0 Å². The van der Waals surface area contributed by atoms with E-state index < -0.39 is 11.8 Å². The molecule has 0 radical (unpaired) electrons. The smallest absolute Gasteiger partial charge is 0.273 e. The number of carbonyl (C=O) groups is 2. The summed E-state index contributed by atoms with van der Waals surface area (Å²) in [6.07, 6.45) is 0. The Morgan fingerprint density at radius 2 is 1.53 bits per heavy atom. The van der Waals surface area contributed by atoms with Crippen LogP contribution < -0.4 is 34.5 Å². The molecule has 0 bridgehead atoms. The Morgan fingerprint density at radius 3 is 2.17 bits per heavy atom. The van der Waals surface area contributed by atoms with Crippen LogP contribution in [0.15, 0.2) is 30.3 Å². The van der Waals surface area contributed by atoms with Gasteiger partial charge in [-0.2, -0.15) is 0 Å². The zero-order valence-corrected chi connectivity index (χ0v) is 17.1. The highest BCUT2D eigenvalue weighted by Gasteiger charge is 2.23. The summed E-state index contributed by atoms with van der Waals surface area (Å²) in [5.74, 6) is 0.927. The van der Waals surface area contributed by atoms with Crippen LogP contribution in [0.5, 0.6) is 28.7 Å². The first-order chi connectivity index (χ1) is 14.6. The highest BCUT2D eigenvalue weighted by Crippen LogP contribution is 2.39. The van der Waals surface area contributed by atoms with Gasteiger partial charge in [0.2, 0.25) is 12.5 Å². The first kappa shape index (κ1) is 21.1. The number of hydrazine groups is 1. The first-order valence-electron chi connectivity index (χ1n) is 9.64. The van der Waals surface area contributed by atoms with E-state index in [2.05, 4.69) is 10.9 Å². The largest absolute Gasteiger partial charge is 0.490 e. The summed E-state index contributed by atoms with van der Waals surface area (Å²) in [6.45, 7) is 6.72. The minimum absolute atomic E-state index is 0.0403. The molecule has 9 heteroatoms. The van der Waals surface area contributed by atoms with Crippen LogP contribution in [0.4, 0.5) is 0 Å². The van der Waals surface area contributed by atoms with Crippen molar-refractivity contribution in [1.29, 1.82) is 0 Å². The second kappa shape index (κ2) is 9.73. The molecule has 1 aliphatic heterocycles. The van der Waals surface area contributed by atoms with E-state index in [1.807, 2.05) is 20.8 Å². The molecule has 2 aromatic carbocycles. The van der Waals surface area contributed by atoms with E-state index in [0.717, 1.165) is 0 Å². The van der Waals surface area contributed by atoms with Crippen molar-refractivity contribution < 1.29 is 33.3 Å². The lowest BCUT2D eigenvalue weighted by Gasteiger charge is -2.17. The van der Waals surface area contributed by atoms with Gasteiger partial charge < -0.3 is 23.7 Å². The molecule has 0 aromatic heterocycles. The topological polar surface area (TPSA) is 104 Å². The van der Waals surface area contributed by atoms with E-state index in [9.17, 15) is 9.59 Å². The van der Waals surface area contributed by atoms with Crippen molar-refractivity contribution in [2.24, 2.45) is 0 Å². The minimum atomic E-state index is -0.543. The van der Waals surface area contributed by atoms with Crippen molar-refractivity contribution in [3.63, 3.8) is 0 Å². The van der Waals surface area contributed by atoms with Crippen LogP contribution in [0.25, 0.3) is 0 Å². The summed E-state index contributed by atoms with van der Waals surface area (Å²) in [6, 6.07) is 8.01. The fourth-order valence-electron chi connectivity index (χ4n) is 2.88. The lowest BCUT2D eigenvalue weighted by Crippen LogP contribution is -2.41. The Morgan fingerprint density at radius 1 is 0.900 bits per heavy atom. The molecule has 2 N–H and O–H groups in total. The van der Waals surface area contributed by atoms with Crippen molar-refractivity contribution in [1.82, 2.24) is 10.9 Å². The van der Waals surface area contributed by atoms with E-state index in [1.165, 1.54) is 12.1 Å². The van der Waals surface area contributed by atoms with Gasteiger partial charge in [0.25, 0.3) is 11.8 Å². The molecule has 0 atom stereocenters. The number of benzene rings is 2. The van der Waals surface area contributed by atoms with E-state index in [1.54, 1.807) is 18.2 Å². The Hall–Kier alpha value is -3.62. The molecule has 0 aliphatic carbocycles. The van der Waals surface area contributed by atoms with E-state index in [0.29, 0.717) is 48.6 Å². The first-order valence-corrected chi connectivity index (χ1v) is 9.64. The standard InChI is InChI=1S/C21H24N2O7/c1-4-26-16-10-13(11-17(27-5-2)19(16)28-6-3)20(24)22-23-21(25)14-8-7-9-15-18(14)30-12-29-15/h7-11H,4-6,12H2,1-3H3,(H,22,24)(H,23,25).